The van der Waals surface area contributed by atoms with E-state index in [2.05, 4.69) is 10.2 Å². The lowest BCUT2D eigenvalue weighted by Crippen LogP contribution is -2.35. The molecule has 0 spiro atoms. The van der Waals surface area contributed by atoms with E-state index >= 15 is 0 Å². The quantitative estimate of drug-likeness (QED) is 0.158. The van der Waals surface area contributed by atoms with Crippen molar-refractivity contribution in [3.63, 3.8) is 0 Å². The van der Waals surface area contributed by atoms with E-state index in [0.29, 0.717) is 16.7 Å². The van der Waals surface area contributed by atoms with Crippen LogP contribution in [0.2, 0.25) is 0 Å². The molecule has 3 aromatic rings. The summed E-state index contributed by atoms with van der Waals surface area (Å²) in [4.78, 5) is 52.1. The molecule has 0 N–H and O–H groups in total. The monoisotopic (exact) mass is 581 g/mol. The average molecular weight is 582 g/mol. The van der Waals surface area contributed by atoms with Crippen LogP contribution in [0.15, 0.2) is 42.5 Å². The number of hydrogen-bond acceptors (Lipinski definition) is 10. The lowest BCUT2D eigenvalue weighted by Gasteiger charge is -2.25. The number of fused-ring (bicyclic) bond motifs is 1. The van der Waals surface area contributed by atoms with E-state index in [1.54, 1.807) is 53.7 Å². The number of hydrogen-bond donors (Lipinski definition) is 0. The summed E-state index contributed by atoms with van der Waals surface area (Å²) < 4.78 is 21.5. The number of aryl methyl sites for hydroxylation is 1. The van der Waals surface area contributed by atoms with Crippen LogP contribution in [0, 0.1) is 24.7 Å². The Morgan fingerprint density at radius 3 is 2.00 bits per heavy atom. The third-order valence-electron chi connectivity index (χ3n) is 6.38. The van der Waals surface area contributed by atoms with E-state index in [9.17, 15) is 19.2 Å². The second-order valence-corrected chi connectivity index (χ2v) is 10.8. The molecule has 0 amide bonds. The standard InChI is InChI=1S/C31H39N3O8/c1-18(2)40-30(37)22(7)23(31(38)41-19(3)4)17-21(6)29(36)39-15-14-28(35)42-27-13-12-20(5)16-26(27)34-32-24-10-8-9-11-25(24)33-34/h8-13,16,18-19,21-23H,14-15,17H2,1-7H3. The summed E-state index contributed by atoms with van der Waals surface area (Å²) in [5.41, 5.74) is 2.82. The van der Waals surface area contributed by atoms with Crippen LogP contribution < -0.4 is 4.74 Å². The molecule has 0 fully saturated rings. The number of nitrogens with zero attached hydrogens (tertiary/aromatic N) is 3. The number of esters is 4. The predicted octanol–water partition coefficient (Wildman–Crippen LogP) is 4.75. The zero-order valence-corrected chi connectivity index (χ0v) is 25.2. The van der Waals surface area contributed by atoms with Crippen molar-refractivity contribution < 1.29 is 38.1 Å². The minimum Gasteiger partial charge on any atom is -0.465 e. The summed E-state index contributed by atoms with van der Waals surface area (Å²) in [5.74, 6) is -4.57. The molecular weight excluding hydrogens is 542 g/mol. The summed E-state index contributed by atoms with van der Waals surface area (Å²) >= 11 is 0. The number of aromatic nitrogens is 3. The number of carbonyl (C=O) groups is 4. The van der Waals surface area contributed by atoms with Gasteiger partial charge in [-0.3, -0.25) is 19.2 Å². The molecule has 11 heteroatoms. The molecule has 2 aromatic carbocycles. The van der Waals surface area contributed by atoms with Gasteiger partial charge in [-0.05, 0) is 70.9 Å². The zero-order chi connectivity index (χ0) is 31.0. The van der Waals surface area contributed by atoms with Crippen molar-refractivity contribution in [1.82, 2.24) is 15.0 Å². The van der Waals surface area contributed by atoms with Crippen LogP contribution in [0.1, 0.15) is 59.9 Å². The van der Waals surface area contributed by atoms with Gasteiger partial charge in [-0.15, -0.1) is 15.0 Å². The van der Waals surface area contributed by atoms with Gasteiger partial charge in [0, 0.05) is 0 Å². The maximum absolute atomic E-state index is 12.8. The van der Waals surface area contributed by atoms with Gasteiger partial charge in [0.2, 0.25) is 0 Å². The van der Waals surface area contributed by atoms with Crippen LogP contribution in [-0.4, -0.2) is 57.7 Å². The Morgan fingerprint density at radius 2 is 1.40 bits per heavy atom. The summed E-state index contributed by atoms with van der Waals surface area (Å²) in [7, 11) is 0. The van der Waals surface area contributed by atoms with Crippen LogP contribution >= 0.6 is 0 Å². The number of ether oxygens (including phenoxy) is 4. The Labute approximate surface area is 245 Å². The van der Waals surface area contributed by atoms with Gasteiger partial charge in [-0.25, -0.2) is 0 Å². The molecule has 42 heavy (non-hydrogen) atoms. The van der Waals surface area contributed by atoms with E-state index in [0.717, 1.165) is 5.56 Å². The van der Waals surface area contributed by atoms with Gasteiger partial charge in [0.1, 0.15) is 23.3 Å². The first kappa shape index (κ1) is 32.2. The highest BCUT2D eigenvalue weighted by Crippen LogP contribution is 2.27. The fraction of sp³-hybridized carbons (Fsp3) is 0.484. The molecule has 226 valence electrons. The average Bonchev–Trinajstić information content (AvgIpc) is 3.35. The highest BCUT2D eigenvalue weighted by molar-refractivity contribution is 5.83. The van der Waals surface area contributed by atoms with E-state index in [1.165, 1.54) is 4.80 Å². The third-order valence-corrected chi connectivity index (χ3v) is 6.38. The molecule has 0 aliphatic rings. The number of carbonyl (C=O) groups excluding carboxylic acids is 4. The number of benzene rings is 2. The Hall–Kier alpha value is -4.28. The van der Waals surface area contributed by atoms with Crippen LogP contribution in [0.4, 0.5) is 0 Å². The maximum Gasteiger partial charge on any atom is 0.314 e. The van der Waals surface area contributed by atoms with Crippen LogP contribution in [-0.2, 0) is 33.4 Å². The molecule has 11 nitrogen and oxygen atoms in total. The first-order valence-corrected chi connectivity index (χ1v) is 14.1. The van der Waals surface area contributed by atoms with Crippen LogP contribution in [0.3, 0.4) is 0 Å². The van der Waals surface area contributed by atoms with Crippen molar-refractivity contribution in [1.29, 1.82) is 0 Å². The molecule has 0 saturated carbocycles. The van der Waals surface area contributed by atoms with Gasteiger partial charge in [0.05, 0.1) is 36.4 Å². The summed E-state index contributed by atoms with van der Waals surface area (Å²) in [5, 5.41) is 8.94. The summed E-state index contributed by atoms with van der Waals surface area (Å²) in [6, 6.07) is 12.7. The van der Waals surface area contributed by atoms with Gasteiger partial charge in [-0.1, -0.05) is 32.0 Å². The maximum atomic E-state index is 12.8. The Morgan fingerprint density at radius 1 is 0.810 bits per heavy atom. The minimum atomic E-state index is -0.904. The molecule has 0 bridgehead atoms. The van der Waals surface area contributed by atoms with Gasteiger partial charge in [0.25, 0.3) is 0 Å². The van der Waals surface area contributed by atoms with Crippen molar-refractivity contribution in [3.8, 4) is 11.4 Å². The van der Waals surface area contributed by atoms with Gasteiger partial charge < -0.3 is 18.9 Å². The SMILES string of the molecule is Cc1ccc(OC(=O)CCOC(=O)C(C)CC(C(=O)OC(C)C)C(C)C(=O)OC(C)C)c(-n2nc3ccccc3n2)c1. The second-order valence-electron chi connectivity index (χ2n) is 10.8. The molecule has 0 aliphatic carbocycles. The smallest absolute Gasteiger partial charge is 0.314 e. The minimum absolute atomic E-state index is 0.0150. The van der Waals surface area contributed by atoms with Crippen molar-refractivity contribution in [2.75, 3.05) is 6.61 Å². The second kappa shape index (κ2) is 14.6. The van der Waals surface area contributed by atoms with Crippen LogP contribution in [0.5, 0.6) is 5.75 Å². The highest BCUT2D eigenvalue weighted by atomic mass is 16.6. The molecule has 0 aliphatic heterocycles. The molecule has 3 unspecified atom stereocenters. The summed E-state index contributed by atoms with van der Waals surface area (Å²) in [6.07, 6.45) is -0.925. The van der Waals surface area contributed by atoms with Crippen molar-refractivity contribution in [2.45, 2.75) is 73.5 Å². The van der Waals surface area contributed by atoms with Gasteiger partial charge in [-0.2, -0.15) is 0 Å². The molecule has 0 radical (unpaired) electrons. The van der Waals surface area contributed by atoms with E-state index in [4.69, 9.17) is 18.9 Å². The molecule has 1 heterocycles. The fourth-order valence-corrected chi connectivity index (χ4v) is 4.19. The Bertz CT molecular complexity index is 1380. The van der Waals surface area contributed by atoms with E-state index in [-0.39, 0.29) is 31.3 Å². The topological polar surface area (TPSA) is 136 Å². The first-order valence-electron chi connectivity index (χ1n) is 14.1. The molecule has 3 rings (SSSR count). The zero-order valence-electron chi connectivity index (χ0n) is 25.2. The summed E-state index contributed by atoms with van der Waals surface area (Å²) in [6.45, 7) is 11.7. The Kier molecular flexibility index (Phi) is 11.2. The Balaban J connectivity index is 1.59. The lowest BCUT2D eigenvalue weighted by molar-refractivity contribution is -0.166. The molecule has 3 atom stereocenters. The number of rotatable bonds is 13. The fourth-order valence-electron chi connectivity index (χ4n) is 4.19. The largest absolute Gasteiger partial charge is 0.465 e. The lowest BCUT2D eigenvalue weighted by atomic mass is 9.85. The third kappa shape index (κ3) is 8.86. The van der Waals surface area contributed by atoms with E-state index in [1.807, 2.05) is 37.3 Å². The molecular formula is C31H39N3O8. The normalized spacial score (nSPS) is 13.5. The molecule has 1 aromatic heterocycles. The predicted molar refractivity (Wildman–Crippen MR) is 154 cm³/mol. The van der Waals surface area contributed by atoms with Gasteiger partial charge in [0.15, 0.2) is 5.75 Å². The first-order chi connectivity index (χ1) is 19.8. The van der Waals surface area contributed by atoms with Crippen molar-refractivity contribution >= 4 is 34.9 Å². The highest BCUT2D eigenvalue weighted by Gasteiger charge is 2.36. The van der Waals surface area contributed by atoms with Crippen LogP contribution in [0.25, 0.3) is 16.7 Å². The van der Waals surface area contributed by atoms with Crippen molar-refractivity contribution in [3.05, 3.63) is 48.0 Å². The van der Waals surface area contributed by atoms with E-state index < -0.39 is 47.7 Å². The molecule has 0 saturated heterocycles. The van der Waals surface area contributed by atoms with Crippen molar-refractivity contribution in [2.24, 2.45) is 17.8 Å². The van der Waals surface area contributed by atoms with Gasteiger partial charge >= 0.3 is 23.9 Å².